The van der Waals surface area contributed by atoms with Crippen molar-refractivity contribution in [1.82, 2.24) is 18.7 Å². The van der Waals surface area contributed by atoms with Gasteiger partial charge >= 0.3 is 0 Å². The van der Waals surface area contributed by atoms with Crippen molar-refractivity contribution >= 4 is 15.9 Å². The molecule has 0 spiro atoms. The summed E-state index contributed by atoms with van der Waals surface area (Å²) in [5.74, 6) is 0.436. The van der Waals surface area contributed by atoms with Crippen LogP contribution in [-0.2, 0) is 14.1 Å². The van der Waals surface area contributed by atoms with Crippen LogP contribution in [0.3, 0.4) is 0 Å². The third-order valence-corrected chi connectivity index (χ3v) is 8.32. The molecule has 0 saturated heterocycles. The van der Waals surface area contributed by atoms with E-state index in [4.69, 9.17) is 9.47 Å². The van der Waals surface area contributed by atoms with Gasteiger partial charge in [-0.2, -0.15) is 0 Å². The van der Waals surface area contributed by atoms with E-state index in [1.54, 1.807) is 9.36 Å². The Kier molecular flexibility index (Phi) is 8.31. The Balaban J connectivity index is 1.87. The first-order chi connectivity index (χ1) is 20.2. The lowest BCUT2D eigenvalue weighted by atomic mass is 9.85. The van der Waals surface area contributed by atoms with Gasteiger partial charge in [0.2, 0.25) is 0 Å². The number of nitrogens with zero attached hydrogens (tertiary/aromatic N) is 4. The fourth-order valence-corrected chi connectivity index (χ4v) is 6.20. The molecule has 9 heteroatoms. The van der Waals surface area contributed by atoms with E-state index in [0.717, 1.165) is 28.3 Å². The maximum atomic E-state index is 14.4. The molecule has 42 heavy (non-hydrogen) atoms. The third-order valence-electron chi connectivity index (χ3n) is 7.73. The minimum atomic E-state index is -0.691. The molecule has 0 bridgehead atoms. The number of ether oxygens (including phenoxy) is 2. The molecule has 8 nitrogen and oxygen atoms in total. The molecule has 0 aliphatic rings. The van der Waals surface area contributed by atoms with Crippen LogP contribution in [0.25, 0.3) is 11.4 Å². The number of para-hydroxylation sites is 2. The predicted octanol–water partition coefficient (Wildman–Crippen LogP) is 6.02. The van der Waals surface area contributed by atoms with E-state index in [1.165, 1.54) is 0 Å². The Morgan fingerprint density at radius 3 is 1.60 bits per heavy atom. The van der Waals surface area contributed by atoms with Crippen LogP contribution in [0.1, 0.15) is 47.8 Å². The van der Waals surface area contributed by atoms with Crippen molar-refractivity contribution in [1.29, 1.82) is 0 Å². The lowest BCUT2D eigenvalue weighted by molar-refractivity contribution is 0.286. The van der Waals surface area contributed by atoms with Gasteiger partial charge in [0.1, 0.15) is 0 Å². The summed E-state index contributed by atoms with van der Waals surface area (Å²) in [6.45, 7) is 8.55. The summed E-state index contributed by atoms with van der Waals surface area (Å²) in [5.41, 5.74) is 4.39. The van der Waals surface area contributed by atoms with Gasteiger partial charge in [-0.15, -0.1) is 0 Å². The summed E-state index contributed by atoms with van der Waals surface area (Å²) in [6.07, 6.45) is 0. The van der Waals surface area contributed by atoms with Gasteiger partial charge in [0.05, 0.1) is 40.2 Å². The smallest absolute Gasteiger partial charge is 0.275 e. The molecule has 2 aromatic heterocycles. The number of halogens is 1. The lowest BCUT2D eigenvalue weighted by Crippen LogP contribution is -2.26. The van der Waals surface area contributed by atoms with E-state index in [-0.39, 0.29) is 11.1 Å². The average molecular weight is 632 g/mol. The number of benzene rings is 3. The monoisotopic (exact) mass is 630 g/mol. The molecule has 2 heterocycles. The fourth-order valence-electron chi connectivity index (χ4n) is 5.62. The van der Waals surface area contributed by atoms with Crippen molar-refractivity contribution in [2.75, 3.05) is 13.2 Å². The van der Waals surface area contributed by atoms with E-state index in [0.29, 0.717) is 40.3 Å². The molecule has 3 aromatic carbocycles. The Hall–Kier alpha value is -4.24. The molecule has 5 rings (SSSR count). The fraction of sp³-hybridized carbons (Fsp3) is 0.273. The van der Waals surface area contributed by atoms with E-state index in [2.05, 4.69) is 15.9 Å². The van der Waals surface area contributed by atoms with Crippen molar-refractivity contribution in [3.05, 3.63) is 126 Å². The van der Waals surface area contributed by atoms with E-state index in [1.807, 2.05) is 124 Å². The highest BCUT2D eigenvalue weighted by molar-refractivity contribution is 9.10. The van der Waals surface area contributed by atoms with Crippen molar-refractivity contribution in [2.45, 2.75) is 33.6 Å². The molecule has 0 radical (unpaired) electrons. The largest absolute Gasteiger partial charge is 0.490 e. The summed E-state index contributed by atoms with van der Waals surface area (Å²) in [6, 6.07) is 22.9. The molecule has 5 aromatic rings. The molecule has 0 amide bonds. The molecule has 0 fully saturated rings. The van der Waals surface area contributed by atoms with Gasteiger partial charge in [0.15, 0.2) is 11.5 Å². The second kappa shape index (κ2) is 11.9. The summed E-state index contributed by atoms with van der Waals surface area (Å²) in [4.78, 5) is 28.8. The van der Waals surface area contributed by atoms with Crippen molar-refractivity contribution in [3.8, 4) is 22.9 Å². The Bertz CT molecular complexity index is 1750. The van der Waals surface area contributed by atoms with Crippen molar-refractivity contribution in [2.24, 2.45) is 14.1 Å². The molecular formula is C33H35BrN4O4. The highest BCUT2D eigenvalue weighted by Crippen LogP contribution is 2.42. The molecule has 0 unspecified atom stereocenters. The zero-order chi connectivity index (χ0) is 30.1. The summed E-state index contributed by atoms with van der Waals surface area (Å²) in [5, 5.41) is 0. The van der Waals surface area contributed by atoms with Crippen molar-refractivity contribution < 1.29 is 9.47 Å². The SMILES string of the molecule is CCOc1cc(C(c2c(C)n(C)n(-c3ccccc3)c2=O)c2c(C)n(C)n(-c3ccccc3)c2=O)cc(Br)c1OCC. The van der Waals surface area contributed by atoms with Crippen LogP contribution in [0.15, 0.2) is 86.9 Å². The zero-order valence-corrected chi connectivity index (χ0v) is 26.3. The highest BCUT2D eigenvalue weighted by atomic mass is 79.9. The Labute approximate surface area is 253 Å². The first-order valence-corrected chi connectivity index (χ1v) is 14.8. The van der Waals surface area contributed by atoms with Gasteiger partial charge in [-0.05, 0) is 85.6 Å². The number of rotatable bonds is 9. The first-order valence-electron chi connectivity index (χ1n) is 14.0. The summed E-state index contributed by atoms with van der Waals surface area (Å²) < 4.78 is 19.6. The van der Waals surface area contributed by atoms with E-state index < -0.39 is 5.92 Å². The molecule has 0 aliphatic heterocycles. The zero-order valence-electron chi connectivity index (χ0n) is 24.7. The normalized spacial score (nSPS) is 11.3. The minimum absolute atomic E-state index is 0.192. The molecule has 0 saturated carbocycles. The second-order valence-electron chi connectivity index (χ2n) is 10.1. The van der Waals surface area contributed by atoms with E-state index >= 15 is 0 Å². The minimum Gasteiger partial charge on any atom is -0.490 e. The van der Waals surface area contributed by atoms with E-state index in [9.17, 15) is 9.59 Å². The van der Waals surface area contributed by atoms with Crippen LogP contribution >= 0.6 is 15.9 Å². The maximum Gasteiger partial charge on any atom is 0.275 e. The average Bonchev–Trinajstić information content (AvgIpc) is 3.34. The van der Waals surface area contributed by atoms with Crippen LogP contribution in [-0.4, -0.2) is 31.9 Å². The molecular weight excluding hydrogens is 596 g/mol. The topological polar surface area (TPSA) is 72.3 Å². The lowest BCUT2D eigenvalue weighted by Gasteiger charge is -2.20. The summed E-state index contributed by atoms with van der Waals surface area (Å²) in [7, 11) is 3.73. The van der Waals surface area contributed by atoms with Crippen LogP contribution < -0.4 is 20.6 Å². The Morgan fingerprint density at radius 2 is 1.17 bits per heavy atom. The van der Waals surface area contributed by atoms with Gasteiger partial charge in [-0.3, -0.25) is 19.0 Å². The third kappa shape index (κ3) is 4.91. The number of aromatic nitrogens is 4. The standard InChI is InChI=1S/C33H35BrN4O4/c1-7-41-27-20-23(19-26(34)31(27)42-8-2)30(28-21(3)35(5)37(32(28)39)24-15-11-9-12-16-24)29-22(4)36(6)38(33(29)40)25-17-13-10-14-18-25/h9-20,30H,7-8H2,1-6H3. The summed E-state index contributed by atoms with van der Waals surface area (Å²) >= 11 is 3.69. The van der Waals surface area contributed by atoms with Crippen molar-refractivity contribution in [3.63, 3.8) is 0 Å². The Morgan fingerprint density at radius 1 is 0.714 bits per heavy atom. The predicted molar refractivity (Wildman–Crippen MR) is 169 cm³/mol. The van der Waals surface area contributed by atoms with Crippen LogP contribution in [0.4, 0.5) is 0 Å². The van der Waals surface area contributed by atoms with Crippen LogP contribution in [0.5, 0.6) is 11.5 Å². The molecule has 218 valence electrons. The molecule has 0 N–H and O–H groups in total. The second-order valence-corrected chi connectivity index (χ2v) is 10.9. The first kappa shape index (κ1) is 29.3. The molecule has 0 atom stereocenters. The van der Waals surface area contributed by atoms with Gasteiger partial charge in [-0.25, -0.2) is 9.36 Å². The van der Waals surface area contributed by atoms with Gasteiger partial charge in [0, 0.05) is 31.4 Å². The number of hydrogen-bond donors (Lipinski definition) is 0. The number of hydrogen-bond acceptors (Lipinski definition) is 4. The maximum absolute atomic E-state index is 14.4. The van der Waals surface area contributed by atoms with Gasteiger partial charge in [-0.1, -0.05) is 36.4 Å². The highest BCUT2D eigenvalue weighted by Gasteiger charge is 2.34. The van der Waals surface area contributed by atoms with Gasteiger partial charge < -0.3 is 9.47 Å². The van der Waals surface area contributed by atoms with Crippen LogP contribution in [0, 0.1) is 13.8 Å². The quantitative estimate of drug-likeness (QED) is 0.200. The van der Waals surface area contributed by atoms with Gasteiger partial charge in [0.25, 0.3) is 11.1 Å². The molecule has 0 aliphatic carbocycles. The van der Waals surface area contributed by atoms with Crippen LogP contribution in [0.2, 0.25) is 0 Å².